The first-order valence-corrected chi connectivity index (χ1v) is 7.51. The van der Waals surface area contributed by atoms with Crippen LogP contribution < -0.4 is 0 Å². The second kappa shape index (κ2) is 7.03. The molecule has 0 aliphatic carbocycles. The van der Waals surface area contributed by atoms with Crippen molar-refractivity contribution in [2.75, 3.05) is 6.54 Å². The molecule has 22 heavy (non-hydrogen) atoms. The van der Waals surface area contributed by atoms with Crippen molar-refractivity contribution in [2.24, 2.45) is 0 Å². The lowest BCUT2D eigenvalue weighted by atomic mass is 9.99. The lowest BCUT2D eigenvalue weighted by Crippen LogP contribution is -2.31. The zero-order chi connectivity index (χ0) is 16.1. The molecule has 2 rings (SSSR count). The number of amides is 1. The van der Waals surface area contributed by atoms with Crippen LogP contribution in [0.2, 0.25) is 0 Å². The third kappa shape index (κ3) is 3.42. The van der Waals surface area contributed by atoms with Crippen LogP contribution in [0.1, 0.15) is 48.3 Å². The maximum Gasteiger partial charge on any atom is 0.219 e. The summed E-state index contributed by atoms with van der Waals surface area (Å²) in [4.78, 5) is 25.8. The summed E-state index contributed by atoms with van der Waals surface area (Å²) >= 11 is 0. The van der Waals surface area contributed by atoms with Gasteiger partial charge in [0, 0.05) is 24.6 Å². The fourth-order valence-electron chi connectivity index (χ4n) is 2.62. The second-order valence-corrected chi connectivity index (χ2v) is 5.30. The predicted molar refractivity (Wildman–Crippen MR) is 87.8 cm³/mol. The van der Waals surface area contributed by atoms with Gasteiger partial charge in [0.05, 0.1) is 6.04 Å². The zero-order valence-corrected chi connectivity index (χ0v) is 13.2. The Kier molecular flexibility index (Phi) is 5.10. The van der Waals surface area contributed by atoms with E-state index in [-0.39, 0.29) is 17.7 Å². The van der Waals surface area contributed by atoms with Crippen molar-refractivity contribution in [1.29, 1.82) is 0 Å². The van der Waals surface area contributed by atoms with Gasteiger partial charge in [0.15, 0.2) is 5.78 Å². The maximum atomic E-state index is 12.4. The van der Waals surface area contributed by atoms with E-state index in [1.165, 1.54) is 0 Å². The molecule has 114 valence electrons. The van der Waals surface area contributed by atoms with E-state index >= 15 is 0 Å². The molecule has 0 fully saturated rings. The van der Waals surface area contributed by atoms with Crippen LogP contribution in [0, 0.1) is 0 Å². The van der Waals surface area contributed by atoms with Crippen molar-refractivity contribution in [3.05, 3.63) is 71.3 Å². The largest absolute Gasteiger partial charge is 0.336 e. The van der Waals surface area contributed by atoms with E-state index in [9.17, 15) is 9.59 Å². The number of carbonyl (C=O) groups excluding carboxylic acids is 2. The topological polar surface area (TPSA) is 37.4 Å². The first kappa shape index (κ1) is 16.0. The van der Waals surface area contributed by atoms with Gasteiger partial charge in [-0.15, -0.1) is 0 Å². The molecule has 1 amide bonds. The predicted octanol–water partition coefficient (Wildman–Crippen LogP) is 3.85. The normalized spacial score (nSPS) is 11.8. The fourth-order valence-corrected chi connectivity index (χ4v) is 2.62. The highest BCUT2D eigenvalue weighted by atomic mass is 16.2. The lowest BCUT2D eigenvalue weighted by Gasteiger charge is -2.27. The molecule has 0 bridgehead atoms. The van der Waals surface area contributed by atoms with Gasteiger partial charge < -0.3 is 4.90 Å². The molecule has 2 aromatic carbocycles. The van der Waals surface area contributed by atoms with E-state index in [1.54, 1.807) is 11.8 Å². The Labute approximate surface area is 131 Å². The minimum atomic E-state index is 0.00313. The summed E-state index contributed by atoms with van der Waals surface area (Å²) in [6.45, 7) is 6.21. The van der Waals surface area contributed by atoms with Crippen molar-refractivity contribution >= 4 is 11.7 Å². The van der Waals surface area contributed by atoms with Crippen molar-refractivity contribution in [3.8, 4) is 0 Å². The summed E-state index contributed by atoms with van der Waals surface area (Å²) in [5.74, 6) is 0.0677. The van der Waals surface area contributed by atoms with Crippen molar-refractivity contribution in [1.82, 2.24) is 4.90 Å². The molecule has 0 saturated carbocycles. The average molecular weight is 295 g/mol. The van der Waals surface area contributed by atoms with E-state index in [4.69, 9.17) is 0 Å². The molecule has 0 N–H and O–H groups in total. The van der Waals surface area contributed by atoms with Gasteiger partial charge >= 0.3 is 0 Å². The summed E-state index contributed by atoms with van der Waals surface area (Å²) < 4.78 is 0. The third-order valence-electron chi connectivity index (χ3n) is 3.90. The van der Waals surface area contributed by atoms with Crippen LogP contribution in [-0.2, 0) is 4.79 Å². The Hall–Kier alpha value is -2.42. The minimum Gasteiger partial charge on any atom is -0.336 e. The van der Waals surface area contributed by atoms with E-state index in [2.05, 4.69) is 0 Å². The summed E-state index contributed by atoms with van der Waals surface area (Å²) in [6, 6.07) is 16.7. The summed E-state index contributed by atoms with van der Waals surface area (Å²) in [5.41, 5.74) is 2.37. The van der Waals surface area contributed by atoms with Gasteiger partial charge in [-0.05, 0) is 19.4 Å². The Morgan fingerprint density at radius 2 is 1.50 bits per heavy atom. The molecule has 1 atom stereocenters. The Morgan fingerprint density at radius 1 is 0.955 bits per heavy atom. The van der Waals surface area contributed by atoms with Gasteiger partial charge in [-0.2, -0.15) is 0 Å². The molecule has 3 nitrogen and oxygen atoms in total. The number of nitrogens with zero attached hydrogens (tertiary/aromatic N) is 1. The number of carbonyl (C=O) groups is 2. The summed E-state index contributed by atoms with van der Waals surface area (Å²) in [6.07, 6.45) is 0. The monoisotopic (exact) mass is 295 g/mol. The van der Waals surface area contributed by atoms with Crippen LogP contribution in [0.4, 0.5) is 0 Å². The second-order valence-electron chi connectivity index (χ2n) is 5.30. The lowest BCUT2D eigenvalue weighted by molar-refractivity contribution is -0.130. The smallest absolute Gasteiger partial charge is 0.219 e. The maximum absolute atomic E-state index is 12.4. The zero-order valence-electron chi connectivity index (χ0n) is 13.2. The van der Waals surface area contributed by atoms with E-state index in [0.717, 1.165) is 5.56 Å². The number of rotatable bonds is 5. The molecule has 2 aromatic rings. The Bertz CT molecular complexity index is 647. The van der Waals surface area contributed by atoms with Crippen LogP contribution in [0.3, 0.4) is 0 Å². The molecular formula is C19H21NO2. The molecule has 3 heteroatoms. The molecular weight excluding hydrogens is 274 g/mol. The molecule has 0 aliphatic rings. The molecule has 0 aromatic heterocycles. The van der Waals surface area contributed by atoms with Gasteiger partial charge in [-0.1, -0.05) is 54.6 Å². The van der Waals surface area contributed by atoms with Crippen LogP contribution in [0.5, 0.6) is 0 Å². The highest BCUT2D eigenvalue weighted by molar-refractivity contribution is 6.08. The number of hydrogen-bond acceptors (Lipinski definition) is 2. The van der Waals surface area contributed by atoms with Crippen molar-refractivity contribution in [3.63, 3.8) is 0 Å². The highest BCUT2D eigenvalue weighted by Gasteiger charge is 2.17. The first-order chi connectivity index (χ1) is 10.5. The van der Waals surface area contributed by atoms with Gasteiger partial charge in [-0.25, -0.2) is 0 Å². The number of benzene rings is 2. The Morgan fingerprint density at radius 3 is 2.00 bits per heavy atom. The molecule has 0 saturated heterocycles. The van der Waals surface area contributed by atoms with Crippen LogP contribution in [0.15, 0.2) is 54.6 Å². The molecule has 0 radical (unpaired) electrons. The van der Waals surface area contributed by atoms with Gasteiger partial charge in [0.25, 0.3) is 0 Å². The SMILES string of the molecule is CCN(C(C)=O)[C@H](C)c1ccc(C(=O)c2ccccc2)cc1. The van der Waals surface area contributed by atoms with Gasteiger partial charge in [0.1, 0.15) is 0 Å². The van der Waals surface area contributed by atoms with E-state index in [1.807, 2.05) is 68.4 Å². The van der Waals surface area contributed by atoms with E-state index < -0.39 is 0 Å². The van der Waals surface area contributed by atoms with Crippen molar-refractivity contribution in [2.45, 2.75) is 26.8 Å². The molecule has 0 spiro atoms. The molecule has 0 unspecified atom stereocenters. The third-order valence-corrected chi connectivity index (χ3v) is 3.90. The minimum absolute atomic E-state index is 0.00313. The Balaban J connectivity index is 2.20. The molecule has 0 heterocycles. The standard InChI is InChI=1S/C19H21NO2/c1-4-20(15(3)21)14(2)16-10-12-18(13-11-16)19(22)17-8-6-5-7-9-17/h5-14H,4H2,1-3H3/t14-/m1/s1. The first-order valence-electron chi connectivity index (χ1n) is 7.51. The molecule has 0 aliphatic heterocycles. The summed E-state index contributed by atoms with van der Waals surface area (Å²) in [5, 5.41) is 0. The van der Waals surface area contributed by atoms with Gasteiger partial charge in [-0.3, -0.25) is 9.59 Å². The average Bonchev–Trinajstić information content (AvgIpc) is 2.55. The van der Waals surface area contributed by atoms with Crippen molar-refractivity contribution < 1.29 is 9.59 Å². The number of ketones is 1. The number of hydrogen-bond donors (Lipinski definition) is 0. The fraction of sp³-hybridized carbons (Fsp3) is 0.263. The quantitative estimate of drug-likeness (QED) is 0.786. The van der Waals surface area contributed by atoms with Crippen LogP contribution >= 0.6 is 0 Å². The van der Waals surface area contributed by atoms with Gasteiger partial charge in [0.2, 0.25) is 5.91 Å². The highest BCUT2D eigenvalue weighted by Crippen LogP contribution is 2.21. The van der Waals surface area contributed by atoms with Crippen LogP contribution in [0.25, 0.3) is 0 Å². The van der Waals surface area contributed by atoms with E-state index in [0.29, 0.717) is 17.7 Å². The summed E-state index contributed by atoms with van der Waals surface area (Å²) in [7, 11) is 0. The van der Waals surface area contributed by atoms with Crippen LogP contribution in [-0.4, -0.2) is 23.1 Å².